The lowest BCUT2D eigenvalue weighted by atomic mass is 10.1. The molecule has 2 amide bonds. The molecule has 5 N–H and O–H groups in total. The van der Waals surface area contributed by atoms with Gasteiger partial charge in [-0.3, -0.25) is 9.59 Å². The molecule has 9 heteroatoms. The number of nitrogens with zero attached hydrogens (tertiary/aromatic N) is 1. The lowest BCUT2D eigenvalue weighted by Gasteiger charge is -2.14. The Hall–Kier alpha value is -4.01. The highest BCUT2D eigenvalue weighted by molar-refractivity contribution is 5.98. The molecule has 0 spiro atoms. The Morgan fingerprint density at radius 2 is 1.80 bits per heavy atom. The number of hydrogen-bond acceptors (Lipinski definition) is 5. The number of carbonyl (C=O) groups excluding carboxylic acids is 2. The molecule has 0 saturated carbocycles. The van der Waals surface area contributed by atoms with Crippen LogP contribution in [0.25, 0.3) is 0 Å². The van der Waals surface area contributed by atoms with Crippen LogP contribution in [-0.2, 0) is 11.3 Å². The van der Waals surface area contributed by atoms with Crippen LogP contribution in [0.2, 0.25) is 0 Å². The Kier molecular flexibility index (Phi) is 6.21. The van der Waals surface area contributed by atoms with Crippen LogP contribution >= 0.6 is 0 Å². The van der Waals surface area contributed by atoms with Crippen LogP contribution < -0.4 is 21.7 Å². The van der Waals surface area contributed by atoms with E-state index in [1.165, 1.54) is 31.3 Å². The van der Waals surface area contributed by atoms with E-state index >= 15 is 0 Å². The molecule has 7 nitrogen and oxygen atoms in total. The summed E-state index contributed by atoms with van der Waals surface area (Å²) < 4.78 is 27.3. The van der Waals surface area contributed by atoms with Crippen LogP contribution in [0.4, 0.5) is 31.7 Å². The minimum Gasteiger partial charge on any atom is -0.380 e. The normalized spacial score (nSPS) is 10.4. The van der Waals surface area contributed by atoms with Crippen molar-refractivity contribution in [1.29, 1.82) is 0 Å². The summed E-state index contributed by atoms with van der Waals surface area (Å²) in [5.41, 5.74) is 7.14. The van der Waals surface area contributed by atoms with Gasteiger partial charge in [-0.15, -0.1) is 0 Å². The van der Waals surface area contributed by atoms with Gasteiger partial charge in [0.05, 0.1) is 11.3 Å². The molecule has 0 aliphatic heterocycles. The summed E-state index contributed by atoms with van der Waals surface area (Å²) in [7, 11) is 0. The fourth-order valence-electron chi connectivity index (χ4n) is 2.77. The fraction of sp³-hybridized carbons (Fsp3) is 0.0952. The highest BCUT2D eigenvalue weighted by Gasteiger charge is 2.13. The van der Waals surface area contributed by atoms with E-state index in [1.54, 1.807) is 24.3 Å². The van der Waals surface area contributed by atoms with E-state index in [-0.39, 0.29) is 23.6 Å². The van der Waals surface area contributed by atoms with Crippen LogP contribution in [0.1, 0.15) is 22.8 Å². The Morgan fingerprint density at radius 1 is 1.07 bits per heavy atom. The number of halogens is 2. The van der Waals surface area contributed by atoms with Gasteiger partial charge < -0.3 is 21.7 Å². The average Bonchev–Trinajstić information content (AvgIpc) is 2.69. The van der Waals surface area contributed by atoms with Crippen molar-refractivity contribution in [3.63, 3.8) is 0 Å². The third kappa shape index (κ3) is 5.07. The van der Waals surface area contributed by atoms with Crippen molar-refractivity contribution < 1.29 is 18.4 Å². The number of carbonyl (C=O) groups is 2. The smallest absolute Gasteiger partial charge is 0.252 e. The first-order valence-electron chi connectivity index (χ1n) is 8.95. The van der Waals surface area contributed by atoms with Gasteiger partial charge in [-0.2, -0.15) is 0 Å². The second-order valence-electron chi connectivity index (χ2n) is 6.43. The number of rotatable bonds is 7. The molecule has 30 heavy (non-hydrogen) atoms. The molecule has 0 aliphatic rings. The quantitative estimate of drug-likeness (QED) is 0.473. The van der Waals surface area contributed by atoms with E-state index in [1.807, 2.05) is 0 Å². The number of nitrogens with two attached hydrogens (primary N) is 1. The Morgan fingerprint density at radius 3 is 2.53 bits per heavy atom. The maximum absolute atomic E-state index is 13.9. The number of benzene rings is 2. The molecule has 0 bridgehead atoms. The minimum absolute atomic E-state index is 0.0641. The summed E-state index contributed by atoms with van der Waals surface area (Å²) in [5.74, 6) is -2.47. The number of anilines is 4. The number of pyridine rings is 1. The first kappa shape index (κ1) is 20.7. The third-order valence-corrected chi connectivity index (χ3v) is 4.13. The summed E-state index contributed by atoms with van der Waals surface area (Å²) in [6.07, 6.45) is 1.28. The topological polar surface area (TPSA) is 109 Å². The molecule has 1 aromatic heterocycles. The zero-order valence-electron chi connectivity index (χ0n) is 16.0. The number of amides is 2. The zero-order chi connectivity index (χ0) is 21.7. The molecule has 0 radical (unpaired) electrons. The van der Waals surface area contributed by atoms with Crippen molar-refractivity contribution in [2.75, 3.05) is 16.0 Å². The molecule has 0 unspecified atom stereocenters. The van der Waals surface area contributed by atoms with Crippen molar-refractivity contribution in [2.45, 2.75) is 13.5 Å². The van der Waals surface area contributed by atoms with Crippen LogP contribution in [-0.4, -0.2) is 16.8 Å². The highest BCUT2D eigenvalue weighted by Crippen LogP contribution is 2.24. The van der Waals surface area contributed by atoms with E-state index in [9.17, 15) is 18.4 Å². The number of hydrogen-bond donors (Lipinski definition) is 4. The zero-order valence-corrected chi connectivity index (χ0v) is 16.0. The first-order valence-corrected chi connectivity index (χ1v) is 8.95. The number of aromatic nitrogens is 1. The minimum atomic E-state index is -0.965. The monoisotopic (exact) mass is 411 g/mol. The van der Waals surface area contributed by atoms with Gasteiger partial charge in [-0.1, -0.05) is 18.2 Å². The van der Waals surface area contributed by atoms with E-state index in [0.717, 1.165) is 6.07 Å². The molecular weight excluding hydrogens is 392 g/mol. The predicted molar refractivity (Wildman–Crippen MR) is 110 cm³/mol. The van der Waals surface area contributed by atoms with E-state index in [2.05, 4.69) is 20.9 Å². The van der Waals surface area contributed by atoms with Crippen LogP contribution in [0.15, 0.2) is 54.7 Å². The lowest BCUT2D eigenvalue weighted by Crippen LogP contribution is -2.15. The average molecular weight is 411 g/mol. The summed E-state index contributed by atoms with van der Waals surface area (Å²) in [4.78, 5) is 27.1. The maximum Gasteiger partial charge on any atom is 0.252 e. The van der Waals surface area contributed by atoms with Crippen molar-refractivity contribution in [3.8, 4) is 0 Å². The third-order valence-electron chi connectivity index (χ3n) is 4.13. The summed E-state index contributed by atoms with van der Waals surface area (Å²) in [6.45, 7) is 1.34. The predicted octanol–water partition coefficient (Wildman–Crippen LogP) is 3.77. The van der Waals surface area contributed by atoms with Gasteiger partial charge in [0, 0.05) is 42.7 Å². The van der Waals surface area contributed by atoms with Gasteiger partial charge in [0.2, 0.25) is 5.91 Å². The standard InChI is InChI=1S/C21H19F2N5O2/c1-12(29)27-14-5-3-6-15(8-14)28-19-9-18(16(11-26-19)21(24)30)25-10-13-4-2-7-17(22)20(13)23/h2-9,11H,10H2,1H3,(H2,24,30)(H,27,29)(H2,25,26,28). The number of primary amides is 1. The maximum atomic E-state index is 13.9. The molecule has 0 saturated heterocycles. The second-order valence-corrected chi connectivity index (χ2v) is 6.43. The summed E-state index contributed by atoms with van der Waals surface area (Å²) >= 11 is 0. The number of nitrogens with one attached hydrogen (secondary N) is 3. The molecule has 1 heterocycles. The van der Waals surface area contributed by atoms with Gasteiger partial charge in [-0.25, -0.2) is 13.8 Å². The first-order chi connectivity index (χ1) is 14.3. The van der Waals surface area contributed by atoms with Gasteiger partial charge in [-0.05, 0) is 24.3 Å². The highest BCUT2D eigenvalue weighted by atomic mass is 19.2. The molecule has 0 fully saturated rings. The molecular formula is C21H19F2N5O2. The lowest BCUT2D eigenvalue weighted by molar-refractivity contribution is -0.114. The van der Waals surface area contributed by atoms with Crippen molar-refractivity contribution in [2.24, 2.45) is 5.73 Å². The van der Waals surface area contributed by atoms with E-state index in [0.29, 0.717) is 22.9 Å². The molecule has 3 aromatic rings. The van der Waals surface area contributed by atoms with Gasteiger partial charge in [0.25, 0.3) is 5.91 Å². The van der Waals surface area contributed by atoms with Crippen molar-refractivity contribution in [3.05, 3.63) is 77.5 Å². The molecule has 3 rings (SSSR count). The summed E-state index contributed by atoms with van der Waals surface area (Å²) in [6, 6.07) is 12.3. The van der Waals surface area contributed by atoms with E-state index in [4.69, 9.17) is 5.73 Å². The van der Waals surface area contributed by atoms with Gasteiger partial charge in [0.1, 0.15) is 5.82 Å². The second kappa shape index (κ2) is 8.99. The fourth-order valence-corrected chi connectivity index (χ4v) is 2.77. The van der Waals surface area contributed by atoms with Gasteiger partial charge in [0.15, 0.2) is 11.6 Å². The largest absolute Gasteiger partial charge is 0.380 e. The Balaban J connectivity index is 1.83. The van der Waals surface area contributed by atoms with Crippen LogP contribution in [0, 0.1) is 11.6 Å². The van der Waals surface area contributed by atoms with Crippen LogP contribution in [0.3, 0.4) is 0 Å². The molecule has 2 aromatic carbocycles. The molecule has 0 aliphatic carbocycles. The van der Waals surface area contributed by atoms with Crippen LogP contribution in [0.5, 0.6) is 0 Å². The van der Waals surface area contributed by atoms with Gasteiger partial charge >= 0.3 is 0 Å². The Labute approximate surface area is 171 Å². The summed E-state index contributed by atoms with van der Waals surface area (Å²) in [5, 5.41) is 8.63. The van der Waals surface area contributed by atoms with Crippen molar-refractivity contribution in [1.82, 2.24) is 4.98 Å². The SMILES string of the molecule is CC(=O)Nc1cccc(Nc2cc(NCc3cccc(F)c3F)c(C(N)=O)cn2)c1. The van der Waals surface area contributed by atoms with E-state index < -0.39 is 17.5 Å². The molecule has 0 atom stereocenters. The Bertz CT molecular complexity index is 1100. The molecule has 154 valence electrons. The van der Waals surface area contributed by atoms with Crippen molar-refractivity contribution >= 4 is 34.7 Å².